The number of hydrogen-bond acceptors (Lipinski definition) is 3. The Balaban J connectivity index is 2.34. The fourth-order valence-corrected chi connectivity index (χ4v) is 3.81. The first-order valence-corrected chi connectivity index (χ1v) is 10.2. The normalized spacial score (nSPS) is 12.5. The molecule has 1 atom stereocenters. The predicted molar refractivity (Wildman–Crippen MR) is 101 cm³/mol. The molecule has 0 spiro atoms. The van der Waals surface area contributed by atoms with E-state index in [-0.39, 0.29) is 5.69 Å². The molecule has 140 valence electrons. The third kappa shape index (κ3) is 4.59. The first-order valence-electron chi connectivity index (χ1n) is 7.52. The van der Waals surface area contributed by atoms with Crippen molar-refractivity contribution < 1.29 is 22.0 Å². The summed E-state index contributed by atoms with van der Waals surface area (Å²) in [6.45, 7) is 3.20. The van der Waals surface area contributed by atoms with E-state index in [1.54, 1.807) is 18.2 Å². The maximum Gasteiger partial charge on any atom is 0.247 e. The summed E-state index contributed by atoms with van der Waals surface area (Å²) in [4.78, 5) is 12.5. The molecule has 26 heavy (non-hydrogen) atoms. The molecule has 5 nitrogen and oxygen atoms in total. The quantitative estimate of drug-likeness (QED) is 0.758. The molecule has 0 saturated heterocycles. The molecule has 2 rings (SSSR count). The van der Waals surface area contributed by atoms with Crippen LogP contribution < -0.4 is 9.62 Å². The predicted octanol–water partition coefficient (Wildman–Crippen LogP) is 3.83. The Hall–Kier alpha value is -2.00. The van der Waals surface area contributed by atoms with Crippen LogP contribution in [0.25, 0.3) is 0 Å². The molecule has 1 amide bonds. The van der Waals surface area contributed by atoms with Gasteiger partial charge < -0.3 is 5.32 Å². The van der Waals surface area contributed by atoms with Crippen molar-refractivity contribution in [3.8, 4) is 0 Å². The second kappa shape index (κ2) is 7.71. The maximum absolute atomic E-state index is 13.5. The van der Waals surface area contributed by atoms with Crippen molar-refractivity contribution in [1.29, 1.82) is 0 Å². The zero-order valence-corrected chi connectivity index (χ0v) is 16.7. The van der Waals surface area contributed by atoms with Gasteiger partial charge in [0.2, 0.25) is 15.9 Å². The van der Waals surface area contributed by atoms with Gasteiger partial charge in [-0.2, -0.15) is 0 Å². The lowest BCUT2D eigenvalue weighted by Crippen LogP contribution is -2.45. The lowest BCUT2D eigenvalue weighted by atomic mass is 10.2. The number of nitrogens with zero attached hydrogens (tertiary/aromatic N) is 1. The van der Waals surface area contributed by atoms with Crippen LogP contribution in [0.15, 0.2) is 40.9 Å². The fraction of sp³-hybridized carbons (Fsp3) is 0.235. The molecule has 1 unspecified atom stereocenters. The number of anilines is 2. The molecule has 0 heterocycles. The molecule has 1 N–H and O–H groups in total. The summed E-state index contributed by atoms with van der Waals surface area (Å²) in [7, 11) is -3.92. The van der Waals surface area contributed by atoms with E-state index in [0.29, 0.717) is 5.69 Å². The summed E-state index contributed by atoms with van der Waals surface area (Å²) in [5.74, 6) is -2.92. The van der Waals surface area contributed by atoms with Gasteiger partial charge in [0.05, 0.1) is 11.9 Å². The number of nitrogens with one attached hydrogen (secondary N) is 1. The smallest absolute Gasteiger partial charge is 0.247 e. The summed E-state index contributed by atoms with van der Waals surface area (Å²) in [6, 6.07) is 6.60. The molecule has 0 fully saturated rings. The van der Waals surface area contributed by atoms with Gasteiger partial charge in [-0.1, -0.05) is 15.9 Å². The van der Waals surface area contributed by atoms with Gasteiger partial charge in [-0.05, 0) is 49.7 Å². The number of rotatable bonds is 5. The van der Waals surface area contributed by atoms with Gasteiger partial charge in [0.25, 0.3) is 0 Å². The minimum Gasteiger partial charge on any atom is -0.324 e. The Morgan fingerprint density at radius 1 is 1.15 bits per heavy atom. The van der Waals surface area contributed by atoms with E-state index in [0.717, 1.165) is 38.8 Å². The second-order valence-corrected chi connectivity index (χ2v) is 8.50. The second-order valence-electron chi connectivity index (χ2n) is 5.79. The van der Waals surface area contributed by atoms with E-state index in [9.17, 15) is 22.0 Å². The Morgan fingerprint density at radius 3 is 2.35 bits per heavy atom. The molecule has 0 aliphatic carbocycles. The lowest BCUT2D eigenvalue weighted by Gasteiger charge is -2.28. The van der Waals surface area contributed by atoms with Crippen molar-refractivity contribution in [2.75, 3.05) is 15.9 Å². The minimum absolute atomic E-state index is 0.138. The van der Waals surface area contributed by atoms with Crippen LogP contribution in [0.5, 0.6) is 0 Å². The number of benzene rings is 2. The lowest BCUT2D eigenvalue weighted by molar-refractivity contribution is -0.116. The Labute approximate surface area is 159 Å². The van der Waals surface area contributed by atoms with Crippen LogP contribution in [0.2, 0.25) is 0 Å². The Kier molecular flexibility index (Phi) is 6.02. The zero-order chi connectivity index (χ0) is 19.6. The van der Waals surface area contributed by atoms with Crippen LogP contribution in [0.4, 0.5) is 20.2 Å². The van der Waals surface area contributed by atoms with E-state index < -0.39 is 33.6 Å². The van der Waals surface area contributed by atoms with Gasteiger partial charge in [-0.15, -0.1) is 0 Å². The van der Waals surface area contributed by atoms with Crippen LogP contribution in [0, 0.1) is 18.6 Å². The average Bonchev–Trinajstić information content (AvgIpc) is 2.53. The van der Waals surface area contributed by atoms with E-state index in [4.69, 9.17) is 0 Å². The number of carbonyl (C=O) groups excluding carboxylic acids is 1. The van der Waals surface area contributed by atoms with Crippen molar-refractivity contribution in [1.82, 2.24) is 0 Å². The number of amides is 1. The van der Waals surface area contributed by atoms with Gasteiger partial charge in [0.1, 0.15) is 6.04 Å². The van der Waals surface area contributed by atoms with Crippen LogP contribution in [-0.4, -0.2) is 26.6 Å². The first-order chi connectivity index (χ1) is 12.0. The van der Waals surface area contributed by atoms with Crippen molar-refractivity contribution >= 4 is 43.2 Å². The van der Waals surface area contributed by atoms with Gasteiger partial charge in [-0.3, -0.25) is 9.10 Å². The van der Waals surface area contributed by atoms with E-state index >= 15 is 0 Å². The highest BCUT2D eigenvalue weighted by Crippen LogP contribution is 2.24. The third-order valence-corrected chi connectivity index (χ3v) is 5.80. The molecule has 9 heteroatoms. The molecular weight excluding hydrogens is 430 g/mol. The van der Waals surface area contributed by atoms with Gasteiger partial charge in [-0.25, -0.2) is 17.2 Å². The van der Waals surface area contributed by atoms with E-state index in [1.165, 1.54) is 6.92 Å². The SMILES string of the molecule is Cc1cc(NC(=O)C(C)N(c2ccc(F)c(F)c2)S(C)(=O)=O)ccc1Br. The number of aryl methyl sites for hydroxylation is 1. The number of hydrogen-bond donors (Lipinski definition) is 1. The maximum atomic E-state index is 13.5. The van der Waals surface area contributed by atoms with Crippen LogP contribution in [0.1, 0.15) is 12.5 Å². The summed E-state index contributed by atoms with van der Waals surface area (Å²) in [5.41, 5.74) is 1.23. The van der Waals surface area contributed by atoms with Crippen LogP contribution in [-0.2, 0) is 14.8 Å². The summed E-state index contributed by atoms with van der Waals surface area (Å²) in [5, 5.41) is 2.62. The van der Waals surface area contributed by atoms with Crippen molar-refractivity contribution in [2.45, 2.75) is 19.9 Å². The van der Waals surface area contributed by atoms with Gasteiger partial charge in [0.15, 0.2) is 11.6 Å². The number of carbonyl (C=O) groups is 1. The van der Waals surface area contributed by atoms with Crippen molar-refractivity contribution in [3.05, 3.63) is 58.1 Å². The van der Waals surface area contributed by atoms with Gasteiger partial charge >= 0.3 is 0 Å². The van der Waals surface area contributed by atoms with Crippen LogP contribution in [0.3, 0.4) is 0 Å². The molecule has 0 aliphatic rings. The number of halogens is 3. The minimum atomic E-state index is -3.92. The Bertz CT molecular complexity index is 951. The van der Waals surface area contributed by atoms with E-state index in [1.807, 2.05) is 6.92 Å². The standard InChI is InChI=1S/C17H17BrF2N2O3S/c1-10-8-12(4-6-14(10)18)21-17(23)11(2)22(26(3,24)25)13-5-7-15(19)16(20)9-13/h4-9,11H,1-3H3,(H,21,23). The molecule has 0 radical (unpaired) electrons. The Morgan fingerprint density at radius 2 is 1.81 bits per heavy atom. The van der Waals surface area contributed by atoms with Crippen molar-refractivity contribution in [2.24, 2.45) is 0 Å². The molecule has 0 saturated carbocycles. The average molecular weight is 447 g/mol. The number of sulfonamides is 1. The highest BCUT2D eigenvalue weighted by atomic mass is 79.9. The third-order valence-electron chi connectivity index (χ3n) is 3.67. The topological polar surface area (TPSA) is 66.5 Å². The largest absolute Gasteiger partial charge is 0.324 e. The molecular formula is C17H17BrF2N2O3S. The summed E-state index contributed by atoms with van der Waals surface area (Å²) < 4.78 is 52.6. The first kappa shape index (κ1) is 20.3. The van der Waals surface area contributed by atoms with E-state index in [2.05, 4.69) is 21.2 Å². The zero-order valence-electron chi connectivity index (χ0n) is 14.3. The fourth-order valence-electron chi connectivity index (χ4n) is 2.40. The van der Waals surface area contributed by atoms with Crippen molar-refractivity contribution in [3.63, 3.8) is 0 Å². The summed E-state index contributed by atoms with van der Waals surface area (Å²) in [6.07, 6.45) is 0.891. The molecule has 2 aromatic rings. The highest BCUT2D eigenvalue weighted by Gasteiger charge is 2.29. The molecule has 2 aromatic carbocycles. The molecule has 0 bridgehead atoms. The highest BCUT2D eigenvalue weighted by molar-refractivity contribution is 9.10. The molecule has 0 aliphatic heterocycles. The van der Waals surface area contributed by atoms with Gasteiger partial charge in [0, 0.05) is 16.2 Å². The van der Waals surface area contributed by atoms with Crippen LogP contribution >= 0.6 is 15.9 Å². The monoisotopic (exact) mass is 446 g/mol. The molecule has 0 aromatic heterocycles. The summed E-state index contributed by atoms with van der Waals surface area (Å²) >= 11 is 3.35.